The molecule has 0 spiro atoms. The summed E-state index contributed by atoms with van der Waals surface area (Å²) in [6, 6.07) is 4.91. The lowest BCUT2D eigenvalue weighted by Gasteiger charge is -2.23. The molecule has 1 aliphatic heterocycles. The number of aromatic nitrogens is 4. The van der Waals surface area contributed by atoms with E-state index in [1.54, 1.807) is 13.0 Å². The first-order valence-electron chi connectivity index (χ1n) is 11.8. The van der Waals surface area contributed by atoms with Crippen LogP contribution >= 0.6 is 0 Å². The largest absolute Gasteiger partial charge is 0.488 e. The van der Waals surface area contributed by atoms with Crippen LogP contribution in [0, 0.1) is 11.7 Å². The molecular formula is C24H32FN5O3S. The molecule has 1 aromatic carbocycles. The lowest BCUT2D eigenvalue weighted by Crippen LogP contribution is -2.30. The van der Waals surface area contributed by atoms with Gasteiger partial charge in [0.25, 0.3) is 0 Å². The van der Waals surface area contributed by atoms with Gasteiger partial charge in [-0.25, -0.2) is 22.8 Å². The van der Waals surface area contributed by atoms with Gasteiger partial charge < -0.3 is 9.64 Å². The summed E-state index contributed by atoms with van der Waals surface area (Å²) in [5.41, 5.74) is 1.79. The Morgan fingerprint density at radius 3 is 2.71 bits per heavy atom. The second kappa shape index (κ2) is 9.85. The summed E-state index contributed by atoms with van der Waals surface area (Å²) in [6.07, 6.45) is 3.92. The van der Waals surface area contributed by atoms with Gasteiger partial charge in [-0.15, -0.1) is 0 Å². The third-order valence-corrected chi connectivity index (χ3v) is 8.93. The quantitative estimate of drug-likeness (QED) is 0.526. The number of nitrogens with one attached hydrogen (secondary N) is 1. The van der Waals surface area contributed by atoms with Crippen LogP contribution in [0.25, 0.3) is 22.3 Å². The first-order chi connectivity index (χ1) is 16.2. The van der Waals surface area contributed by atoms with Crippen LogP contribution in [-0.2, 0) is 9.84 Å². The Morgan fingerprint density at radius 1 is 1.18 bits per heavy atom. The first-order valence-corrected chi connectivity index (χ1v) is 13.5. The molecule has 0 saturated carbocycles. The molecular weight excluding hydrogens is 457 g/mol. The maximum Gasteiger partial charge on any atom is 0.167 e. The molecule has 0 bridgehead atoms. The molecule has 3 heterocycles. The fourth-order valence-electron chi connectivity index (χ4n) is 4.58. The molecule has 184 valence electrons. The number of halogens is 1. The van der Waals surface area contributed by atoms with Crippen LogP contribution in [-0.4, -0.2) is 58.8 Å². The van der Waals surface area contributed by atoms with Crippen molar-refractivity contribution < 1.29 is 17.5 Å². The smallest absolute Gasteiger partial charge is 0.167 e. The zero-order chi connectivity index (χ0) is 24.5. The predicted molar refractivity (Wildman–Crippen MR) is 131 cm³/mol. The van der Waals surface area contributed by atoms with Gasteiger partial charge in [-0.3, -0.25) is 5.10 Å². The van der Waals surface area contributed by atoms with Crippen molar-refractivity contribution in [3.05, 3.63) is 30.3 Å². The Kier molecular flexibility index (Phi) is 7.06. The van der Waals surface area contributed by atoms with Crippen LogP contribution in [0.5, 0.6) is 5.75 Å². The highest BCUT2D eigenvalue weighted by molar-refractivity contribution is 7.91. The molecule has 0 amide bonds. The molecule has 0 aliphatic carbocycles. The summed E-state index contributed by atoms with van der Waals surface area (Å²) >= 11 is 0. The van der Waals surface area contributed by atoms with Crippen LogP contribution in [0.1, 0.15) is 47.0 Å². The maximum atomic E-state index is 14.4. The van der Waals surface area contributed by atoms with E-state index in [-0.39, 0.29) is 28.8 Å². The number of anilines is 1. The van der Waals surface area contributed by atoms with Crippen molar-refractivity contribution in [2.24, 2.45) is 5.92 Å². The normalized spacial score (nSPS) is 18.3. The highest BCUT2D eigenvalue weighted by Crippen LogP contribution is 2.33. The zero-order valence-electron chi connectivity index (χ0n) is 20.1. The minimum Gasteiger partial charge on any atom is -0.488 e. The van der Waals surface area contributed by atoms with Crippen molar-refractivity contribution in [2.75, 3.05) is 23.7 Å². The monoisotopic (exact) mass is 489 g/mol. The minimum absolute atomic E-state index is 0.140. The number of fused-ring (bicyclic) bond motifs is 1. The Labute approximate surface area is 199 Å². The lowest BCUT2D eigenvalue weighted by molar-refractivity contribution is 0.231. The van der Waals surface area contributed by atoms with Crippen molar-refractivity contribution in [1.82, 2.24) is 20.2 Å². The zero-order valence-corrected chi connectivity index (χ0v) is 20.9. The van der Waals surface area contributed by atoms with Crippen molar-refractivity contribution >= 4 is 26.6 Å². The second-order valence-electron chi connectivity index (χ2n) is 9.16. The van der Waals surface area contributed by atoms with E-state index < -0.39 is 15.7 Å². The average molecular weight is 490 g/mol. The fourth-order valence-corrected chi connectivity index (χ4v) is 5.97. The SMILES string of the molecule is CCS(=O)(=O)C(C)C1CCCN(c2cc(-c3n[nH]c4cc(F)c(OC(C)C)cc34)ncn2)CC1. The number of aromatic amines is 1. The molecule has 3 aromatic rings. The van der Waals surface area contributed by atoms with Crippen LogP contribution in [0.15, 0.2) is 24.5 Å². The fraction of sp³-hybridized carbons (Fsp3) is 0.542. The van der Waals surface area contributed by atoms with Crippen LogP contribution in [0.4, 0.5) is 10.2 Å². The third kappa shape index (κ3) is 5.01. The van der Waals surface area contributed by atoms with Crippen molar-refractivity contribution in [1.29, 1.82) is 0 Å². The molecule has 1 fully saturated rings. The van der Waals surface area contributed by atoms with Gasteiger partial charge >= 0.3 is 0 Å². The van der Waals surface area contributed by atoms with E-state index in [9.17, 15) is 12.8 Å². The highest BCUT2D eigenvalue weighted by Gasteiger charge is 2.30. The highest BCUT2D eigenvalue weighted by atomic mass is 32.2. The number of benzene rings is 1. The lowest BCUT2D eigenvalue weighted by atomic mass is 9.97. The molecule has 1 aliphatic rings. The van der Waals surface area contributed by atoms with Gasteiger partial charge in [0, 0.05) is 36.4 Å². The Balaban J connectivity index is 1.59. The van der Waals surface area contributed by atoms with Gasteiger partial charge in [0.1, 0.15) is 17.8 Å². The molecule has 8 nitrogen and oxygen atoms in total. The minimum atomic E-state index is -3.06. The molecule has 4 rings (SSSR count). The number of nitrogens with zero attached hydrogens (tertiary/aromatic N) is 4. The Hall–Kier alpha value is -2.75. The van der Waals surface area contributed by atoms with E-state index in [0.717, 1.165) is 43.6 Å². The summed E-state index contributed by atoms with van der Waals surface area (Å²) in [6.45, 7) is 8.77. The summed E-state index contributed by atoms with van der Waals surface area (Å²) in [5.74, 6) is 0.816. The van der Waals surface area contributed by atoms with Gasteiger partial charge in [-0.05, 0) is 52.0 Å². The summed E-state index contributed by atoms with van der Waals surface area (Å²) in [4.78, 5) is 11.1. The molecule has 0 radical (unpaired) electrons. The number of sulfone groups is 1. The predicted octanol–water partition coefficient (Wildman–Crippen LogP) is 4.38. The molecule has 1 N–H and O–H groups in total. The van der Waals surface area contributed by atoms with Crippen molar-refractivity contribution in [3.8, 4) is 17.1 Å². The summed E-state index contributed by atoms with van der Waals surface area (Å²) < 4.78 is 44.7. The van der Waals surface area contributed by atoms with E-state index in [0.29, 0.717) is 16.9 Å². The van der Waals surface area contributed by atoms with Gasteiger partial charge in [-0.1, -0.05) is 6.92 Å². The number of hydrogen-bond donors (Lipinski definition) is 1. The molecule has 34 heavy (non-hydrogen) atoms. The molecule has 2 aromatic heterocycles. The topological polar surface area (TPSA) is 101 Å². The number of rotatable bonds is 7. The third-order valence-electron chi connectivity index (χ3n) is 6.60. The average Bonchev–Trinajstić information content (AvgIpc) is 3.05. The van der Waals surface area contributed by atoms with E-state index in [1.807, 2.05) is 26.8 Å². The number of ether oxygens (including phenoxy) is 1. The Bertz CT molecular complexity index is 1260. The van der Waals surface area contributed by atoms with E-state index in [4.69, 9.17) is 4.74 Å². The van der Waals surface area contributed by atoms with Gasteiger partial charge in [0.05, 0.1) is 22.6 Å². The second-order valence-corrected chi connectivity index (χ2v) is 11.8. The van der Waals surface area contributed by atoms with Gasteiger partial charge in [0.15, 0.2) is 21.4 Å². The van der Waals surface area contributed by atoms with Crippen molar-refractivity contribution in [3.63, 3.8) is 0 Å². The van der Waals surface area contributed by atoms with Gasteiger partial charge in [0.2, 0.25) is 0 Å². The van der Waals surface area contributed by atoms with Crippen LogP contribution in [0.2, 0.25) is 0 Å². The standard InChI is InChI=1S/C24H32FN5O3S/c1-5-34(31,32)16(4)17-7-6-9-30(10-8-17)23-13-21(26-14-27-23)24-18-11-22(33-15(2)3)19(25)12-20(18)28-29-24/h11-17H,5-10H2,1-4H3,(H,28,29). The summed E-state index contributed by atoms with van der Waals surface area (Å²) in [5, 5.41) is 7.64. The van der Waals surface area contributed by atoms with Crippen molar-refractivity contribution in [2.45, 2.75) is 58.3 Å². The van der Waals surface area contributed by atoms with E-state index in [2.05, 4.69) is 25.1 Å². The molecule has 1 saturated heterocycles. The first kappa shape index (κ1) is 24.4. The van der Waals surface area contributed by atoms with Gasteiger partial charge in [-0.2, -0.15) is 5.10 Å². The maximum absolute atomic E-state index is 14.4. The molecule has 2 atom stereocenters. The molecule has 10 heteroatoms. The van der Waals surface area contributed by atoms with Crippen LogP contribution < -0.4 is 9.64 Å². The van der Waals surface area contributed by atoms with E-state index in [1.165, 1.54) is 12.4 Å². The van der Waals surface area contributed by atoms with E-state index >= 15 is 0 Å². The molecule has 2 unspecified atom stereocenters. The number of H-pyrrole nitrogens is 1. The summed E-state index contributed by atoms with van der Waals surface area (Å²) in [7, 11) is -3.06. The van der Waals surface area contributed by atoms with Crippen LogP contribution in [0.3, 0.4) is 0 Å². The number of hydrogen-bond acceptors (Lipinski definition) is 7. The Morgan fingerprint density at radius 2 is 1.97 bits per heavy atom.